The number of aliphatic hydroxyl groups excluding tert-OH is 4. The summed E-state index contributed by atoms with van der Waals surface area (Å²) >= 11 is 0. The first-order valence-corrected chi connectivity index (χ1v) is 16.7. The molecule has 0 aromatic heterocycles. The quantitative estimate of drug-likeness (QED) is 0.100. The van der Waals surface area contributed by atoms with E-state index in [1.165, 1.54) is 0 Å². The smallest absolute Gasteiger partial charge is 0.303 e. The van der Waals surface area contributed by atoms with Crippen molar-refractivity contribution in [3.63, 3.8) is 0 Å². The Kier molecular flexibility index (Phi) is 10.5. The van der Waals surface area contributed by atoms with Gasteiger partial charge in [-0.25, -0.2) is 4.89 Å². The van der Waals surface area contributed by atoms with Crippen LogP contribution in [0.5, 0.6) is 0 Å². The predicted octanol–water partition coefficient (Wildman–Crippen LogP) is 4.69. The predicted molar refractivity (Wildman–Crippen MR) is 168 cm³/mol. The Labute approximate surface area is 268 Å². The molecule has 0 aromatic rings. The second kappa shape index (κ2) is 12.9. The lowest BCUT2D eigenvalue weighted by Crippen LogP contribution is -2.64. The lowest BCUT2D eigenvalue weighted by Gasteiger charge is -2.67. The molecule has 258 valence electrons. The summed E-state index contributed by atoms with van der Waals surface area (Å²) in [4.78, 5) is 16.4. The van der Waals surface area contributed by atoms with Gasteiger partial charge in [-0.1, -0.05) is 45.1 Å². The van der Waals surface area contributed by atoms with Gasteiger partial charge in [-0.3, -0.25) is 10.1 Å². The Hall–Kier alpha value is -1.37. The first kappa shape index (κ1) is 36.5. The van der Waals surface area contributed by atoms with E-state index in [2.05, 4.69) is 32.2 Å². The van der Waals surface area contributed by atoms with Crippen molar-refractivity contribution in [2.45, 2.75) is 142 Å². The van der Waals surface area contributed by atoms with Crippen LogP contribution in [0.25, 0.3) is 0 Å². The van der Waals surface area contributed by atoms with E-state index in [9.17, 15) is 35.6 Å². The number of ether oxygens (including phenoxy) is 2. The molecule has 0 spiro atoms. The molecular weight excluding hydrogens is 580 g/mol. The van der Waals surface area contributed by atoms with Crippen LogP contribution < -0.4 is 0 Å². The molecule has 0 bridgehead atoms. The number of hydrogen-bond donors (Lipinski definition) is 6. The number of carboxylic acids is 1. The van der Waals surface area contributed by atoms with Gasteiger partial charge in [0.1, 0.15) is 23.9 Å². The number of hydrogen-bond acceptors (Lipinski definition) is 9. The summed E-state index contributed by atoms with van der Waals surface area (Å²) in [5.74, 6) is -0.886. The van der Waals surface area contributed by atoms with Crippen molar-refractivity contribution in [1.82, 2.24) is 0 Å². The Morgan fingerprint density at radius 2 is 1.71 bits per heavy atom. The molecule has 10 heteroatoms. The van der Waals surface area contributed by atoms with Crippen molar-refractivity contribution >= 4 is 5.97 Å². The summed E-state index contributed by atoms with van der Waals surface area (Å²) in [6.07, 6.45) is 3.03. The van der Waals surface area contributed by atoms with Gasteiger partial charge >= 0.3 is 5.97 Å². The standard InChI is InChI=1S/C35H58O10/c1-20(2)21-10-16-33(6)25(32(21,5)15-12-26(38)39)18-23(37)27-22(11-17-34(27,33)7)35(8,14-9-13-31(3,4)45-42)44-30-29(41)28(40)24(19-36)43-30/h9,13,21-25,27-30,36-37,40-42H,1,10-12,14-19H2,2-8H3,(H,38,39)/b13-9+/t21-,22?,23+,24-,25?,27?,28-,29+,30-,32-,33+,34+,35-/m0/s1. The van der Waals surface area contributed by atoms with Gasteiger partial charge in [0.15, 0.2) is 6.29 Å². The van der Waals surface area contributed by atoms with Gasteiger partial charge in [-0.05, 0) is 113 Å². The van der Waals surface area contributed by atoms with Crippen LogP contribution in [0.4, 0.5) is 0 Å². The molecule has 0 radical (unpaired) electrons. The molecule has 4 rings (SSSR count). The Morgan fingerprint density at radius 1 is 1.07 bits per heavy atom. The molecule has 1 aliphatic heterocycles. The zero-order chi connectivity index (χ0) is 33.8. The van der Waals surface area contributed by atoms with Crippen LogP contribution in [0.3, 0.4) is 0 Å². The summed E-state index contributed by atoms with van der Waals surface area (Å²) in [5.41, 5.74) is -1.66. The van der Waals surface area contributed by atoms with E-state index in [0.717, 1.165) is 31.3 Å². The molecule has 0 amide bonds. The second-order valence-corrected chi connectivity index (χ2v) is 16.1. The third kappa shape index (κ3) is 6.31. The summed E-state index contributed by atoms with van der Waals surface area (Å²) in [7, 11) is 0. The highest BCUT2D eigenvalue weighted by Crippen LogP contribution is 2.74. The number of allylic oxidation sites excluding steroid dienone is 1. The maximum Gasteiger partial charge on any atom is 0.303 e. The monoisotopic (exact) mass is 638 g/mol. The molecule has 1 saturated heterocycles. The summed E-state index contributed by atoms with van der Waals surface area (Å²) in [5, 5.41) is 62.2. The third-order valence-corrected chi connectivity index (χ3v) is 13.1. The van der Waals surface area contributed by atoms with Crippen LogP contribution in [0.1, 0.15) is 99.8 Å². The van der Waals surface area contributed by atoms with Gasteiger partial charge in [0.05, 0.1) is 18.3 Å². The summed E-state index contributed by atoms with van der Waals surface area (Å²) in [6.45, 7) is 18.1. The van der Waals surface area contributed by atoms with Crippen LogP contribution in [-0.4, -0.2) is 85.3 Å². The molecular formula is C35H58O10. The molecule has 13 atom stereocenters. The second-order valence-electron chi connectivity index (χ2n) is 16.1. The lowest BCUT2D eigenvalue weighted by atomic mass is 9.37. The molecule has 1 heterocycles. The highest BCUT2D eigenvalue weighted by Gasteiger charge is 2.70. The lowest BCUT2D eigenvalue weighted by molar-refractivity contribution is -0.297. The van der Waals surface area contributed by atoms with Gasteiger partial charge < -0.3 is 35.0 Å². The molecule has 45 heavy (non-hydrogen) atoms. The van der Waals surface area contributed by atoms with Gasteiger partial charge in [-0.2, -0.15) is 0 Å². The molecule has 3 saturated carbocycles. The summed E-state index contributed by atoms with van der Waals surface area (Å²) < 4.78 is 12.4. The molecule has 10 nitrogen and oxygen atoms in total. The zero-order valence-corrected chi connectivity index (χ0v) is 28.2. The van der Waals surface area contributed by atoms with Gasteiger partial charge in [0, 0.05) is 6.42 Å². The average Bonchev–Trinajstić information content (AvgIpc) is 3.47. The van der Waals surface area contributed by atoms with Crippen molar-refractivity contribution < 1.29 is 49.9 Å². The SMILES string of the molecule is C=C(C)[C@@H]1CC[C@]2(C)C(C[C@@H](O)C3C([C@](C)(C/C=C/C(C)(C)OO)O[C@@H]4O[C@@H](CO)[C@H](O)[C@H]4O)CC[C@]32C)[C@@]1(C)CCC(=O)O. The van der Waals surface area contributed by atoms with E-state index < -0.39 is 54.5 Å². The zero-order valence-electron chi connectivity index (χ0n) is 28.2. The van der Waals surface area contributed by atoms with Crippen LogP contribution in [-0.2, 0) is 19.2 Å². The Balaban J connectivity index is 1.73. The molecule has 3 unspecified atom stereocenters. The van der Waals surface area contributed by atoms with Crippen molar-refractivity contribution in [2.24, 2.45) is 39.9 Å². The van der Waals surface area contributed by atoms with Crippen LogP contribution in [0.2, 0.25) is 0 Å². The van der Waals surface area contributed by atoms with Crippen molar-refractivity contribution in [3.8, 4) is 0 Å². The van der Waals surface area contributed by atoms with Crippen LogP contribution in [0, 0.1) is 39.9 Å². The highest BCUT2D eigenvalue weighted by atomic mass is 17.1. The van der Waals surface area contributed by atoms with Gasteiger partial charge in [0.2, 0.25) is 0 Å². The van der Waals surface area contributed by atoms with E-state index >= 15 is 0 Å². The van der Waals surface area contributed by atoms with E-state index in [4.69, 9.17) is 9.47 Å². The molecule has 0 aromatic carbocycles. The topological polar surface area (TPSA) is 166 Å². The molecule has 3 aliphatic carbocycles. The van der Waals surface area contributed by atoms with Crippen LogP contribution >= 0.6 is 0 Å². The van der Waals surface area contributed by atoms with Gasteiger partial charge in [0.25, 0.3) is 0 Å². The largest absolute Gasteiger partial charge is 0.481 e. The molecule has 6 N–H and O–H groups in total. The number of aliphatic hydroxyl groups is 4. The highest BCUT2D eigenvalue weighted by molar-refractivity contribution is 5.66. The van der Waals surface area contributed by atoms with E-state index in [0.29, 0.717) is 19.3 Å². The van der Waals surface area contributed by atoms with E-state index in [1.54, 1.807) is 19.9 Å². The fourth-order valence-electron chi connectivity index (χ4n) is 10.5. The maximum absolute atomic E-state index is 12.2. The Bertz CT molecular complexity index is 1120. The fraction of sp³-hybridized carbons (Fsp3) is 0.857. The minimum absolute atomic E-state index is 0.0717. The molecule has 4 aliphatic rings. The van der Waals surface area contributed by atoms with Crippen LogP contribution in [0.15, 0.2) is 24.3 Å². The number of fused-ring (bicyclic) bond motifs is 3. The Morgan fingerprint density at radius 3 is 2.27 bits per heavy atom. The third-order valence-electron chi connectivity index (χ3n) is 13.1. The fourth-order valence-corrected chi connectivity index (χ4v) is 10.5. The van der Waals surface area contributed by atoms with Crippen molar-refractivity contribution in [1.29, 1.82) is 0 Å². The first-order chi connectivity index (χ1) is 20.8. The van der Waals surface area contributed by atoms with E-state index in [1.807, 2.05) is 19.9 Å². The minimum atomic E-state index is -1.36. The van der Waals surface area contributed by atoms with E-state index in [-0.39, 0.29) is 46.3 Å². The minimum Gasteiger partial charge on any atom is -0.481 e. The maximum atomic E-state index is 12.2. The average molecular weight is 639 g/mol. The normalized spacial score (nSPS) is 44.8. The van der Waals surface area contributed by atoms with Crippen molar-refractivity contribution in [3.05, 3.63) is 24.3 Å². The molecule has 4 fully saturated rings. The van der Waals surface area contributed by atoms with Gasteiger partial charge in [-0.15, -0.1) is 0 Å². The number of carboxylic acid groups (broad SMARTS) is 1. The van der Waals surface area contributed by atoms with Crippen molar-refractivity contribution in [2.75, 3.05) is 6.61 Å². The number of carbonyl (C=O) groups is 1. The first-order valence-electron chi connectivity index (χ1n) is 16.7. The summed E-state index contributed by atoms with van der Waals surface area (Å²) in [6, 6.07) is 0. The number of rotatable bonds is 12. The number of aliphatic carboxylic acids is 1.